The molecule has 1 aromatic heterocycles. The summed E-state index contributed by atoms with van der Waals surface area (Å²) in [7, 11) is 0. The maximum atomic E-state index is 13.9. The molecule has 3 rings (SSSR count). The Kier molecular flexibility index (Phi) is 3.18. The van der Waals surface area contributed by atoms with Gasteiger partial charge in [0.1, 0.15) is 5.60 Å². The van der Waals surface area contributed by atoms with Gasteiger partial charge in [-0.1, -0.05) is 30.3 Å². The van der Waals surface area contributed by atoms with Crippen LogP contribution in [-0.2, 0) is 5.60 Å². The van der Waals surface area contributed by atoms with Gasteiger partial charge in [-0.15, -0.1) is 0 Å². The van der Waals surface area contributed by atoms with Gasteiger partial charge in [0, 0.05) is 17.1 Å². The quantitative estimate of drug-likeness (QED) is 0.777. The first kappa shape index (κ1) is 13.6. The van der Waals surface area contributed by atoms with Crippen molar-refractivity contribution in [2.75, 3.05) is 0 Å². The van der Waals surface area contributed by atoms with Gasteiger partial charge in [-0.25, -0.2) is 8.78 Å². The molecule has 2 aromatic carbocycles. The van der Waals surface area contributed by atoms with Crippen LogP contribution in [0.25, 0.3) is 10.9 Å². The van der Waals surface area contributed by atoms with Crippen LogP contribution in [0.4, 0.5) is 8.78 Å². The molecular weight excluding hydrogens is 272 g/mol. The van der Waals surface area contributed by atoms with Crippen LogP contribution in [0.5, 0.6) is 0 Å². The molecule has 0 aliphatic rings. The minimum atomic E-state index is -1.64. The van der Waals surface area contributed by atoms with Crippen LogP contribution < -0.4 is 0 Å². The number of hydrogen-bond donors (Lipinski definition) is 1. The first-order valence-electron chi connectivity index (χ1n) is 6.52. The second kappa shape index (κ2) is 4.90. The lowest BCUT2D eigenvalue weighted by Gasteiger charge is -2.25. The average Bonchev–Trinajstić information content (AvgIpc) is 2.49. The van der Waals surface area contributed by atoms with E-state index in [0.29, 0.717) is 11.1 Å². The van der Waals surface area contributed by atoms with E-state index in [1.807, 2.05) is 12.1 Å². The third-order valence-corrected chi connectivity index (χ3v) is 3.64. The number of aromatic nitrogens is 1. The Balaban J connectivity index is 2.17. The van der Waals surface area contributed by atoms with E-state index in [4.69, 9.17) is 0 Å². The number of halogens is 2. The van der Waals surface area contributed by atoms with Gasteiger partial charge in [0.05, 0.1) is 5.52 Å². The molecule has 0 aliphatic carbocycles. The first-order chi connectivity index (χ1) is 10.00. The van der Waals surface area contributed by atoms with Crippen molar-refractivity contribution in [2.45, 2.75) is 12.5 Å². The molecule has 1 unspecified atom stereocenters. The Morgan fingerprint density at radius 2 is 1.86 bits per heavy atom. The molecule has 0 radical (unpaired) electrons. The summed E-state index contributed by atoms with van der Waals surface area (Å²) in [5.41, 5.74) is -0.596. The molecule has 21 heavy (non-hydrogen) atoms. The zero-order valence-corrected chi connectivity index (χ0v) is 11.3. The van der Waals surface area contributed by atoms with Gasteiger partial charge in [-0.05, 0) is 30.7 Å². The summed E-state index contributed by atoms with van der Waals surface area (Å²) >= 11 is 0. The highest BCUT2D eigenvalue weighted by atomic mass is 19.2. The van der Waals surface area contributed by atoms with Gasteiger partial charge in [0.2, 0.25) is 0 Å². The molecule has 1 heterocycles. The zero-order valence-electron chi connectivity index (χ0n) is 11.3. The summed E-state index contributed by atoms with van der Waals surface area (Å²) in [6.07, 6.45) is 1.64. The predicted molar refractivity (Wildman–Crippen MR) is 76.8 cm³/mol. The van der Waals surface area contributed by atoms with Gasteiger partial charge in [0.25, 0.3) is 0 Å². The average molecular weight is 285 g/mol. The molecule has 0 saturated carbocycles. The summed E-state index contributed by atoms with van der Waals surface area (Å²) in [4.78, 5) is 4.21. The van der Waals surface area contributed by atoms with Crippen molar-refractivity contribution in [2.24, 2.45) is 0 Å². The van der Waals surface area contributed by atoms with Crippen molar-refractivity contribution in [3.8, 4) is 0 Å². The Hall–Kier alpha value is -2.33. The number of rotatable bonds is 2. The molecule has 1 N–H and O–H groups in total. The number of nitrogens with zero attached hydrogens (tertiary/aromatic N) is 1. The molecule has 2 nitrogen and oxygen atoms in total. The van der Waals surface area contributed by atoms with Gasteiger partial charge in [-0.3, -0.25) is 4.98 Å². The van der Waals surface area contributed by atoms with Gasteiger partial charge in [-0.2, -0.15) is 0 Å². The zero-order chi connectivity index (χ0) is 15.0. The molecule has 106 valence electrons. The summed E-state index contributed by atoms with van der Waals surface area (Å²) in [5, 5.41) is 11.6. The standard InChI is InChI=1S/C17H13F2NO/c1-17(21,13-5-2-6-14(18)16(13)19)12-8-7-11-4-3-9-20-15(11)10-12/h2-10,21H,1H3. The Morgan fingerprint density at radius 3 is 2.67 bits per heavy atom. The monoisotopic (exact) mass is 285 g/mol. The largest absolute Gasteiger partial charge is 0.381 e. The molecule has 3 aromatic rings. The maximum Gasteiger partial charge on any atom is 0.165 e. The number of pyridine rings is 1. The third-order valence-electron chi connectivity index (χ3n) is 3.64. The van der Waals surface area contributed by atoms with E-state index in [9.17, 15) is 13.9 Å². The van der Waals surface area contributed by atoms with Crippen molar-refractivity contribution >= 4 is 10.9 Å². The lowest BCUT2D eigenvalue weighted by atomic mass is 9.87. The normalized spacial score (nSPS) is 14.1. The highest BCUT2D eigenvalue weighted by molar-refractivity contribution is 5.79. The van der Waals surface area contributed by atoms with Crippen LogP contribution in [0.2, 0.25) is 0 Å². The van der Waals surface area contributed by atoms with Crippen molar-refractivity contribution < 1.29 is 13.9 Å². The number of benzene rings is 2. The highest BCUT2D eigenvalue weighted by Crippen LogP contribution is 2.32. The Bertz CT molecular complexity index is 815. The fourth-order valence-electron chi connectivity index (χ4n) is 2.40. The predicted octanol–water partition coefficient (Wildman–Crippen LogP) is 3.77. The number of hydrogen-bond acceptors (Lipinski definition) is 2. The van der Waals surface area contributed by atoms with E-state index >= 15 is 0 Å². The number of fused-ring (bicyclic) bond motifs is 1. The molecule has 0 spiro atoms. The molecule has 0 amide bonds. The topological polar surface area (TPSA) is 33.1 Å². The van der Waals surface area contributed by atoms with Crippen LogP contribution in [0.3, 0.4) is 0 Å². The number of aliphatic hydroxyl groups is 1. The van der Waals surface area contributed by atoms with Crippen LogP contribution >= 0.6 is 0 Å². The van der Waals surface area contributed by atoms with Crippen molar-refractivity contribution in [1.29, 1.82) is 0 Å². The van der Waals surface area contributed by atoms with Gasteiger partial charge < -0.3 is 5.11 Å². The molecule has 0 saturated heterocycles. The first-order valence-corrected chi connectivity index (χ1v) is 6.52. The smallest absolute Gasteiger partial charge is 0.165 e. The molecule has 4 heteroatoms. The fraction of sp³-hybridized carbons (Fsp3) is 0.118. The lowest BCUT2D eigenvalue weighted by molar-refractivity contribution is 0.0971. The van der Waals surface area contributed by atoms with Crippen LogP contribution in [-0.4, -0.2) is 10.1 Å². The Labute approximate surface area is 120 Å². The van der Waals surface area contributed by atoms with Crippen molar-refractivity contribution in [3.63, 3.8) is 0 Å². The summed E-state index contributed by atoms with van der Waals surface area (Å²) in [6.45, 7) is 1.44. The van der Waals surface area contributed by atoms with Gasteiger partial charge in [0.15, 0.2) is 11.6 Å². The second-order valence-corrected chi connectivity index (χ2v) is 5.08. The summed E-state index contributed by atoms with van der Waals surface area (Å²) in [6, 6.07) is 12.6. The fourth-order valence-corrected chi connectivity index (χ4v) is 2.40. The maximum absolute atomic E-state index is 13.9. The van der Waals surface area contributed by atoms with E-state index in [1.54, 1.807) is 24.4 Å². The third kappa shape index (κ3) is 2.28. The molecule has 0 aliphatic heterocycles. The van der Waals surface area contributed by atoms with E-state index in [1.165, 1.54) is 19.1 Å². The van der Waals surface area contributed by atoms with E-state index in [2.05, 4.69) is 4.98 Å². The van der Waals surface area contributed by atoms with E-state index in [-0.39, 0.29) is 5.56 Å². The van der Waals surface area contributed by atoms with Gasteiger partial charge >= 0.3 is 0 Å². The SMILES string of the molecule is CC(O)(c1ccc2cccnc2c1)c1cccc(F)c1F. The van der Waals surface area contributed by atoms with Crippen LogP contribution in [0.15, 0.2) is 54.7 Å². The minimum Gasteiger partial charge on any atom is -0.381 e. The minimum absolute atomic E-state index is 0.0993. The summed E-state index contributed by atoms with van der Waals surface area (Å²) < 4.78 is 27.3. The van der Waals surface area contributed by atoms with Crippen molar-refractivity contribution in [3.05, 3.63) is 77.5 Å². The second-order valence-electron chi connectivity index (χ2n) is 5.08. The highest BCUT2D eigenvalue weighted by Gasteiger charge is 2.30. The Morgan fingerprint density at radius 1 is 1.05 bits per heavy atom. The van der Waals surface area contributed by atoms with E-state index < -0.39 is 17.2 Å². The molecule has 1 atom stereocenters. The molecule has 0 fully saturated rings. The molecule has 0 bridgehead atoms. The van der Waals surface area contributed by atoms with Crippen LogP contribution in [0, 0.1) is 11.6 Å². The lowest BCUT2D eigenvalue weighted by Crippen LogP contribution is -2.24. The summed E-state index contributed by atoms with van der Waals surface area (Å²) in [5.74, 6) is -2.02. The van der Waals surface area contributed by atoms with E-state index in [0.717, 1.165) is 11.5 Å². The van der Waals surface area contributed by atoms with Crippen LogP contribution in [0.1, 0.15) is 18.1 Å². The molecular formula is C17H13F2NO. The van der Waals surface area contributed by atoms with Crippen molar-refractivity contribution in [1.82, 2.24) is 4.98 Å².